The first-order valence-corrected chi connectivity index (χ1v) is 15.3. The van der Waals surface area contributed by atoms with E-state index in [-0.39, 0.29) is 35.7 Å². The fourth-order valence-corrected chi connectivity index (χ4v) is 5.84. The zero-order valence-electron chi connectivity index (χ0n) is 26.2. The minimum Gasteiger partial charge on any atom is -0.412 e. The molecule has 5 unspecified atom stereocenters. The van der Waals surface area contributed by atoms with Crippen molar-refractivity contribution < 1.29 is 29.6 Å². The van der Waals surface area contributed by atoms with Gasteiger partial charge in [0.1, 0.15) is 18.5 Å². The van der Waals surface area contributed by atoms with Crippen LogP contribution < -0.4 is 0 Å². The van der Waals surface area contributed by atoms with E-state index < -0.39 is 18.5 Å². The molecule has 0 aromatic carbocycles. The lowest BCUT2D eigenvalue weighted by Gasteiger charge is -2.30. The molecule has 39 heavy (non-hydrogen) atoms. The molecule has 6 heteroatoms. The summed E-state index contributed by atoms with van der Waals surface area (Å²) in [4.78, 5) is 0. The van der Waals surface area contributed by atoms with E-state index in [0.717, 1.165) is 36.5 Å². The Morgan fingerprint density at radius 1 is 0.359 bits per heavy atom. The third-order valence-electron chi connectivity index (χ3n) is 9.36. The van der Waals surface area contributed by atoms with E-state index in [1.165, 1.54) is 57.8 Å². The lowest BCUT2D eigenvalue weighted by Crippen LogP contribution is -2.32. The smallest absolute Gasteiger partial charge is 0.106 e. The molecular weight excluding hydrogens is 501 g/mol. The lowest BCUT2D eigenvalue weighted by atomic mass is 9.81. The second-order valence-electron chi connectivity index (χ2n) is 13.6. The summed E-state index contributed by atoms with van der Waals surface area (Å²) in [6.07, 6.45) is 13.6. The second kappa shape index (κ2) is 24.3. The molecule has 0 radical (unpaired) electrons. The van der Waals surface area contributed by atoms with E-state index in [4.69, 9.17) is 0 Å². The topological polar surface area (TPSA) is 94.5 Å². The van der Waals surface area contributed by atoms with Gasteiger partial charge < -0.3 is 16.4 Å². The monoisotopic (exact) mass is 573 g/mol. The highest BCUT2D eigenvalue weighted by atomic mass is 19.1. The average Bonchev–Trinajstić information content (AvgIpc) is 2.80. The first-order chi connectivity index (χ1) is 16.4. The van der Waals surface area contributed by atoms with Crippen LogP contribution in [-0.2, 0) is 0 Å². The Kier molecular flexibility index (Phi) is 28.4. The molecule has 0 bridgehead atoms. The van der Waals surface area contributed by atoms with Crippen LogP contribution in [0.5, 0.6) is 0 Å². The van der Waals surface area contributed by atoms with Crippen molar-refractivity contribution in [3.63, 3.8) is 0 Å². The lowest BCUT2D eigenvalue weighted by molar-refractivity contribution is 0.0603. The first kappa shape index (κ1) is 45.7. The first-order valence-electron chi connectivity index (χ1n) is 15.3. The summed E-state index contributed by atoms with van der Waals surface area (Å²) >= 11 is 0. The highest BCUT2D eigenvalue weighted by Gasteiger charge is 2.33. The SMILES string of the molecule is C.CC1CC(F)C(C)C(F)C1.CC1CCC(C)C(F)C1.CC1CCC(C)CC1.CC1CCC(C)CC1.O.O.O. The zero-order chi connectivity index (χ0) is 26.5. The Balaban J connectivity index is -0.000000203. The molecule has 4 saturated carbocycles. The van der Waals surface area contributed by atoms with Crippen LogP contribution in [0.2, 0.25) is 0 Å². The number of alkyl halides is 3. The summed E-state index contributed by atoms with van der Waals surface area (Å²) < 4.78 is 38.5. The molecule has 0 amide bonds. The summed E-state index contributed by atoms with van der Waals surface area (Å²) in [6, 6.07) is 0. The summed E-state index contributed by atoms with van der Waals surface area (Å²) in [5.74, 6) is 4.87. The molecule has 0 spiro atoms. The van der Waals surface area contributed by atoms with Gasteiger partial charge in [-0.3, -0.25) is 0 Å². The van der Waals surface area contributed by atoms with Crippen molar-refractivity contribution in [2.75, 3.05) is 0 Å². The normalized spacial score (nSPS) is 39.3. The highest BCUT2D eigenvalue weighted by molar-refractivity contribution is 4.82. The van der Waals surface area contributed by atoms with E-state index in [1.54, 1.807) is 6.92 Å². The van der Waals surface area contributed by atoms with Crippen molar-refractivity contribution in [3.05, 3.63) is 0 Å². The van der Waals surface area contributed by atoms with Crippen LogP contribution in [-0.4, -0.2) is 34.9 Å². The van der Waals surface area contributed by atoms with Crippen molar-refractivity contribution in [2.45, 2.75) is 165 Å². The molecule has 0 aliphatic heterocycles. The van der Waals surface area contributed by atoms with Crippen LogP contribution in [0.4, 0.5) is 13.2 Å². The predicted octanol–water partition coefficient (Wildman–Crippen LogP) is 9.34. The van der Waals surface area contributed by atoms with Crippen molar-refractivity contribution in [2.24, 2.45) is 47.3 Å². The number of hydrogen-bond acceptors (Lipinski definition) is 0. The van der Waals surface area contributed by atoms with Crippen molar-refractivity contribution in [3.8, 4) is 0 Å². The van der Waals surface area contributed by atoms with E-state index in [2.05, 4.69) is 34.6 Å². The standard InChI is InChI=1S/C8H14F2.C8H15F.2C8H16.CH4.3H2O/c1-5-3-7(9)6(2)8(10)4-5;1-6-3-4-7(2)8(9)5-6;2*1-7-3-5-8(2)6-4-7;;;;/h5-8H,3-4H2,1-2H3;6-8H,3-5H2,1-2H3;2*7-8H,3-6H2,1-2H3;1H4;3*1H2. The summed E-state index contributed by atoms with van der Waals surface area (Å²) in [7, 11) is 0. The Hall–Kier alpha value is -0.330. The van der Waals surface area contributed by atoms with Crippen molar-refractivity contribution in [1.29, 1.82) is 0 Å². The Labute approximate surface area is 241 Å². The molecule has 0 heterocycles. The molecule has 4 aliphatic rings. The van der Waals surface area contributed by atoms with Crippen molar-refractivity contribution >= 4 is 0 Å². The van der Waals surface area contributed by atoms with Crippen LogP contribution in [0.1, 0.15) is 146 Å². The van der Waals surface area contributed by atoms with Gasteiger partial charge in [0.2, 0.25) is 0 Å². The van der Waals surface area contributed by atoms with Crippen LogP contribution in [0.25, 0.3) is 0 Å². The maximum atomic E-state index is 12.8. The Morgan fingerprint density at radius 2 is 0.615 bits per heavy atom. The second-order valence-corrected chi connectivity index (χ2v) is 13.6. The Bertz CT molecular complexity index is 470. The highest BCUT2D eigenvalue weighted by Crippen LogP contribution is 2.33. The van der Waals surface area contributed by atoms with Crippen LogP contribution in [0.3, 0.4) is 0 Å². The van der Waals surface area contributed by atoms with Crippen LogP contribution in [0, 0.1) is 47.3 Å². The van der Waals surface area contributed by atoms with Gasteiger partial charge >= 0.3 is 0 Å². The molecule has 6 N–H and O–H groups in total. The maximum Gasteiger partial charge on any atom is 0.106 e. The summed E-state index contributed by atoms with van der Waals surface area (Å²) in [6.45, 7) is 17.2. The van der Waals surface area contributed by atoms with Gasteiger partial charge in [0.05, 0.1) is 0 Å². The molecule has 4 fully saturated rings. The number of hydrogen-bond donors (Lipinski definition) is 0. The third kappa shape index (κ3) is 20.2. The molecule has 4 aliphatic carbocycles. The molecular formula is C33H71F3O3. The average molecular weight is 573 g/mol. The quantitative estimate of drug-likeness (QED) is 0.276. The van der Waals surface area contributed by atoms with Gasteiger partial charge in [-0.15, -0.1) is 0 Å². The van der Waals surface area contributed by atoms with Gasteiger partial charge in [-0.05, 0) is 67.1 Å². The van der Waals surface area contributed by atoms with Gasteiger partial charge in [0.25, 0.3) is 0 Å². The minimum atomic E-state index is -0.918. The van der Waals surface area contributed by atoms with Crippen LogP contribution >= 0.6 is 0 Å². The van der Waals surface area contributed by atoms with E-state index in [1.807, 2.05) is 13.8 Å². The molecule has 3 nitrogen and oxygen atoms in total. The van der Waals surface area contributed by atoms with E-state index >= 15 is 0 Å². The molecule has 0 saturated heterocycles. The van der Waals surface area contributed by atoms with Crippen LogP contribution in [0.15, 0.2) is 0 Å². The Morgan fingerprint density at radius 3 is 0.872 bits per heavy atom. The van der Waals surface area contributed by atoms with Gasteiger partial charge in [-0.25, -0.2) is 13.2 Å². The van der Waals surface area contributed by atoms with Gasteiger partial charge in [-0.2, -0.15) is 0 Å². The number of rotatable bonds is 0. The molecule has 4 rings (SSSR count). The number of halogens is 3. The maximum absolute atomic E-state index is 12.8. The van der Waals surface area contributed by atoms with E-state index in [9.17, 15) is 13.2 Å². The predicted molar refractivity (Wildman–Crippen MR) is 166 cm³/mol. The largest absolute Gasteiger partial charge is 0.412 e. The molecule has 242 valence electrons. The molecule has 5 atom stereocenters. The van der Waals surface area contributed by atoms with Crippen molar-refractivity contribution in [1.82, 2.24) is 0 Å². The van der Waals surface area contributed by atoms with Gasteiger partial charge in [0, 0.05) is 5.92 Å². The fourth-order valence-electron chi connectivity index (χ4n) is 5.84. The summed E-state index contributed by atoms with van der Waals surface area (Å²) in [5.41, 5.74) is 0. The molecule has 0 aromatic rings. The third-order valence-corrected chi connectivity index (χ3v) is 9.36. The van der Waals surface area contributed by atoms with Gasteiger partial charge in [-0.1, -0.05) is 121 Å². The van der Waals surface area contributed by atoms with Gasteiger partial charge in [0.15, 0.2) is 0 Å². The summed E-state index contributed by atoms with van der Waals surface area (Å²) in [5, 5.41) is 0. The minimum absolute atomic E-state index is 0. The van der Waals surface area contributed by atoms with E-state index in [0.29, 0.717) is 24.7 Å². The zero-order valence-corrected chi connectivity index (χ0v) is 26.2. The molecule has 0 aromatic heterocycles. The fraction of sp³-hybridized carbons (Fsp3) is 1.00.